The molecule has 0 amide bonds. The summed E-state index contributed by atoms with van der Waals surface area (Å²) in [5, 5.41) is 0. The van der Waals surface area contributed by atoms with Gasteiger partial charge in [-0.1, -0.05) is 18.3 Å². The second-order valence-corrected chi connectivity index (χ2v) is 4.23. The molecular weight excluding hydrogens is 265 g/mol. The third-order valence-electron chi connectivity index (χ3n) is 2.48. The highest BCUT2D eigenvalue weighted by Gasteiger charge is 2.09. The molecule has 0 bridgehead atoms. The normalized spacial score (nSPS) is 10.0. The predicted molar refractivity (Wildman–Crippen MR) is 75.4 cm³/mol. The highest BCUT2D eigenvalue weighted by atomic mass is 32.1. The van der Waals surface area contributed by atoms with E-state index in [-0.39, 0.29) is 10.8 Å². The Morgan fingerprint density at radius 3 is 2.58 bits per heavy atom. The zero-order chi connectivity index (χ0) is 13.8. The van der Waals surface area contributed by atoms with Crippen molar-refractivity contribution in [1.82, 2.24) is 0 Å². The molecule has 0 spiro atoms. The third-order valence-corrected chi connectivity index (χ3v) is 2.70. The first-order valence-corrected chi connectivity index (χ1v) is 5.92. The lowest BCUT2D eigenvalue weighted by atomic mass is 10.2. The van der Waals surface area contributed by atoms with E-state index in [0.29, 0.717) is 22.8 Å². The van der Waals surface area contributed by atoms with Gasteiger partial charge in [-0.25, -0.2) is 4.39 Å². The van der Waals surface area contributed by atoms with Crippen LogP contribution in [0, 0.1) is 5.82 Å². The van der Waals surface area contributed by atoms with Crippen LogP contribution in [-0.4, -0.2) is 12.1 Å². The maximum absolute atomic E-state index is 13.1. The van der Waals surface area contributed by atoms with Gasteiger partial charge in [0.25, 0.3) is 0 Å². The summed E-state index contributed by atoms with van der Waals surface area (Å²) in [6.07, 6.45) is 0. The topological polar surface area (TPSA) is 44.5 Å². The minimum Gasteiger partial charge on any atom is -0.497 e. The molecule has 0 aliphatic rings. The summed E-state index contributed by atoms with van der Waals surface area (Å²) in [6, 6.07) is 10.9. The van der Waals surface area contributed by atoms with E-state index in [2.05, 4.69) is 0 Å². The van der Waals surface area contributed by atoms with Gasteiger partial charge in [0.1, 0.15) is 28.1 Å². The van der Waals surface area contributed by atoms with Crippen molar-refractivity contribution in [3.63, 3.8) is 0 Å². The van der Waals surface area contributed by atoms with Crippen LogP contribution < -0.4 is 15.2 Å². The van der Waals surface area contributed by atoms with Crippen LogP contribution in [-0.2, 0) is 0 Å². The largest absolute Gasteiger partial charge is 0.497 e. The second-order valence-electron chi connectivity index (χ2n) is 3.79. The number of thiocarbonyl (C=S) groups is 1. The average molecular weight is 277 g/mol. The molecule has 0 fully saturated rings. The van der Waals surface area contributed by atoms with Crippen molar-refractivity contribution in [1.29, 1.82) is 0 Å². The number of halogens is 1. The van der Waals surface area contributed by atoms with E-state index in [9.17, 15) is 4.39 Å². The van der Waals surface area contributed by atoms with Gasteiger partial charge in [0.15, 0.2) is 0 Å². The van der Waals surface area contributed by atoms with Crippen LogP contribution >= 0.6 is 12.2 Å². The van der Waals surface area contributed by atoms with Gasteiger partial charge in [-0.05, 0) is 24.3 Å². The van der Waals surface area contributed by atoms with Crippen LogP contribution in [0.3, 0.4) is 0 Å². The fraction of sp³-hybridized carbons (Fsp3) is 0.0714. The summed E-state index contributed by atoms with van der Waals surface area (Å²) in [4.78, 5) is 0.203. The fourth-order valence-corrected chi connectivity index (χ4v) is 1.74. The Morgan fingerprint density at radius 1 is 1.16 bits per heavy atom. The maximum atomic E-state index is 13.1. The minimum atomic E-state index is -0.378. The van der Waals surface area contributed by atoms with Crippen LogP contribution in [0.15, 0.2) is 42.5 Å². The van der Waals surface area contributed by atoms with Gasteiger partial charge < -0.3 is 15.2 Å². The van der Waals surface area contributed by atoms with Crippen molar-refractivity contribution in [3.8, 4) is 17.2 Å². The third kappa shape index (κ3) is 3.20. The van der Waals surface area contributed by atoms with E-state index in [4.69, 9.17) is 27.4 Å². The Balaban J connectivity index is 2.39. The molecule has 0 aliphatic carbocycles. The zero-order valence-electron chi connectivity index (χ0n) is 10.2. The molecule has 0 aliphatic heterocycles. The molecule has 5 heteroatoms. The van der Waals surface area contributed by atoms with E-state index in [0.717, 1.165) is 0 Å². The maximum Gasteiger partial charge on any atom is 0.141 e. The lowest BCUT2D eigenvalue weighted by molar-refractivity contribution is 0.408. The molecule has 2 aromatic carbocycles. The number of hydrogen-bond acceptors (Lipinski definition) is 3. The van der Waals surface area contributed by atoms with Crippen LogP contribution in [0.1, 0.15) is 5.56 Å². The summed E-state index contributed by atoms with van der Waals surface area (Å²) in [5.74, 6) is 1.02. The molecule has 2 N–H and O–H groups in total. The van der Waals surface area contributed by atoms with E-state index in [1.807, 2.05) is 0 Å². The molecule has 2 rings (SSSR count). The van der Waals surface area contributed by atoms with Crippen molar-refractivity contribution in [2.75, 3.05) is 7.11 Å². The van der Waals surface area contributed by atoms with Gasteiger partial charge >= 0.3 is 0 Å². The zero-order valence-corrected chi connectivity index (χ0v) is 11.0. The summed E-state index contributed by atoms with van der Waals surface area (Å²) < 4.78 is 23.8. The number of ether oxygens (including phenoxy) is 2. The van der Waals surface area contributed by atoms with E-state index in [1.54, 1.807) is 37.4 Å². The van der Waals surface area contributed by atoms with Gasteiger partial charge in [-0.15, -0.1) is 0 Å². The number of benzene rings is 2. The van der Waals surface area contributed by atoms with Gasteiger partial charge in [0, 0.05) is 12.1 Å². The summed E-state index contributed by atoms with van der Waals surface area (Å²) in [6.45, 7) is 0. The SMILES string of the molecule is COc1ccc(C(N)=S)c(Oc2cccc(F)c2)c1. The number of methoxy groups -OCH3 is 1. The van der Waals surface area contributed by atoms with Gasteiger partial charge in [-0.2, -0.15) is 0 Å². The smallest absolute Gasteiger partial charge is 0.141 e. The first-order chi connectivity index (χ1) is 9.10. The number of nitrogens with two attached hydrogens (primary N) is 1. The molecule has 0 atom stereocenters. The van der Waals surface area contributed by atoms with Crippen molar-refractivity contribution < 1.29 is 13.9 Å². The molecule has 19 heavy (non-hydrogen) atoms. The molecule has 98 valence electrons. The van der Waals surface area contributed by atoms with Gasteiger partial charge in [-0.3, -0.25) is 0 Å². The van der Waals surface area contributed by atoms with E-state index >= 15 is 0 Å². The molecule has 0 saturated heterocycles. The molecule has 0 heterocycles. The Labute approximate surface area is 115 Å². The highest BCUT2D eigenvalue weighted by Crippen LogP contribution is 2.29. The predicted octanol–water partition coefficient (Wildman–Crippen LogP) is 3.26. The molecule has 2 aromatic rings. The monoisotopic (exact) mass is 277 g/mol. The molecular formula is C14H12FNO2S. The highest BCUT2D eigenvalue weighted by molar-refractivity contribution is 7.80. The fourth-order valence-electron chi connectivity index (χ4n) is 1.58. The number of hydrogen-bond donors (Lipinski definition) is 1. The van der Waals surface area contributed by atoms with Crippen molar-refractivity contribution in [3.05, 3.63) is 53.8 Å². The first-order valence-electron chi connectivity index (χ1n) is 5.51. The molecule has 0 radical (unpaired) electrons. The van der Waals surface area contributed by atoms with Crippen molar-refractivity contribution >= 4 is 17.2 Å². The van der Waals surface area contributed by atoms with Crippen LogP contribution in [0.5, 0.6) is 17.2 Å². The first kappa shape index (κ1) is 13.3. The molecule has 0 unspecified atom stereocenters. The Bertz CT molecular complexity index is 616. The van der Waals surface area contributed by atoms with E-state index < -0.39 is 0 Å². The van der Waals surface area contributed by atoms with Gasteiger partial charge in [0.2, 0.25) is 0 Å². The quantitative estimate of drug-likeness (QED) is 0.871. The summed E-state index contributed by atoms with van der Waals surface area (Å²) >= 11 is 4.95. The lowest BCUT2D eigenvalue weighted by Gasteiger charge is -2.11. The summed E-state index contributed by atoms with van der Waals surface area (Å²) in [5.41, 5.74) is 6.20. The van der Waals surface area contributed by atoms with Crippen molar-refractivity contribution in [2.24, 2.45) is 5.73 Å². The number of rotatable bonds is 4. The van der Waals surface area contributed by atoms with E-state index in [1.165, 1.54) is 12.1 Å². The molecule has 0 aromatic heterocycles. The van der Waals surface area contributed by atoms with Crippen molar-refractivity contribution in [2.45, 2.75) is 0 Å². The van der Waals surface area contributed by atoms with Crippen LogP contribution in [0.4, 0.5) is 4.39 Å². The summed E-state index contributed by atoms with van der Waals surface area (Å²) in [7, 11) is 1.54. The van der Waals surface area contributed by atoms with Crippen LogP contribution in [0.25, 0.3) is 0 Å². The van der Waals surface area contributed by atoms with Gasteiger partial charge in [0.05, 0.1) is 12.7 Å². The molecule has 3 nitrogen and oxygen atoms in total. The average Bonchev–Trinajstić information content (AvgIpc) is 2.38. The second kappa shape index (κ2) is 5.67. The van der Waals surface area contributed by atoms with Crippen LogP contribution in [0.2, 0.25) is 0 Å². The Kier molecular flexibility index (Phi) is 3.97. The Hall–Kier alpha value is -2.14. The Morgan fingerprint density at radius 2 is 1.95 bits per heavy atom. The lowest BCUT2D eigenvalue weighted by Crippen LogP contribution is -2.10. The standard InChI is InChI=1S/C14H12FNO2S/c1-17-10-5-6-12(14(16)19)13(8-10)18-11-4-2-3-9(15)7-11/h2-8H,1H3,(H2,16,19). The molecule has 0 saturated carbocycles. The minimum absolute atomic E-state index is 0.203.